The smallest absolute Gasteiger partial charge is 0.306 e. The molecule has 6 nitrogen and oxygen atoms in total. The zero-order valence-corrected chi connectivity index (χ0v) is 16.3. The molecule has 1 heterocycles. The van der Waals surface area contributed by atoms with E-state index in [1.54, 1.807) is 36.4 Å². The SMILES string of the molecule is Cc1ccc(N2C(=O)S/C(=C/c3ccc(OCCC(=O)O)cc3)C2=O)cc1C. The molecule has 2 aromatic carbocycles. The summed E-state index contributed by atoms with van der Waals surface area (Å²) in [4.78, 5) is 37.1. The van der Waals surface area contributed by atoms with Crippen molar-refractivity contribution in [2.24, 2.45) is 0 Å². The molecule has 2 aromatic rings. The van der Waals surface area contributed by atoms with E-state index in [1.165, 1.54) is 4.90 Å². The number of rotatable bonds is 6. The van der Waals surface area contributed by atoms with E-state index >= 15 is 0 Å². The lowest BCUT2D eigenvalue weighted by molar-refractivity contribution is -0.137. The number of aliphatic carboxylic acids is 1. The number of imide groups is 1. The van der Waals surface area contributed by atoms with Gasteiger partial charge in [0.1, 0.15) is 5.75 Å². The largest absolute Gasteiger partial charge is 0.493 e. The van der Waals surface area contributed by atoms with Gasteiger partial charge in [0.05, 0.1) is 23.6 Å². The molecule has 0 unspecified atom stereocenters. The first-order valence-electron chi connectivity index (χ1n) is 8.65. The second-order valence-electron chi connectivity index (χ2n) is 6.35. The fourth-order valence-electron chi connectivity index (χ4n) is 2.62. The van der Waals surface area contributed by atoms with E-state index in [0.29, 0.717) is 16.3 Å². The van der Waals surface area contributed by atoms with Gasteiger partial charge in [-0.15, -0.1) is 0 Å². The predicted octanol–water partition coefficient (Wildman–Crippen LogP) is 4.40. The molecule has 0 radical (unpaired) electrons. The fraction of sp³-hybridized carbons (Fsp3) is 0.190. The molecule has 0 spiro atoms. The number of carboxylic acid groups (broad SMARTS) is 1. The van der Waals surface area contributed by atoms with Crippen LogP contribution in [0.4, 0.5) is 10.5 Å². The van der Waals surface area contributed by atoms with Gasteiger partial charge in [0, 0.05) is 0 Å². The maximum Gasteiger partial charge on any atom is 0.306 e. The lowest BCUT2D eigenvalue weighted by Gasteiger charge is -2.14. The van der Waals surface area contributed by atoms with E-state index in [2.05, 4.69) is 0 Å². The number of nitrogens with zero attached hydrogens (tertiary/aromatic N) is 1. The van der Waals surface area contributed by atoms with Gasteiger partial charge in [0.2, 0.25) is 0 Å². The average molecular weight is 397 g/mol. The molecule has 3 rings (SSSR count). The molecule has 1 aliphatic rings. The van der Waals surface area contributed by atoms with Crippen LogP contribution in [0, 0.1) is 13.8 Å². The molecule has 0 saturated carbocycles. The molecule has 0 aromatic heterocycles. The summed E-state index contributed by atoms with van der Waals surface area (Å²) in [5.41, 5.74) is 3.42. The minimum Gasteiger partial charge on any atom is -0.493 e. The van der Waals surface area contributed by atoms with Crippen LogP contribution in [0.15, 0.2) is 47.4 Å². The minimum atomic E-state index is -0.920. The van der Waals surface area contributed by atoms with Crippen LogP contribution >= 0.6 is 11.8 Å². The third-order valence-corrected chi connectivity index (χ3v) is 5.17. The number of aryl methyl sites for hydroxylation is 2. The van der Waals surface area contributed by atoms with Crippen molar-refractivity contribution >= 4 is 40.6 Å². The Hall–Kier alpha value is -3.06. The number of carbonyl (C=O) groups excluding carboxylic acids is 2. The van der Waals surface area contributed by atoms with Gasteiger partial charge < -0.3 is 9.84 Å². The van der Waals surface area contributed by atoms with Crippen molar-refractivity contribution in [3.63, 3.8) is 0 Å². The summed E-state index contributed by atoms with van der Waals surface area (Å²) in [6.07, 6.45) is 1.58. The Kier molecular flexibility index (Phi) is 5.84. The van der Waals surface area contributed by atoms with E-state index in [-0.39, 0.29) is 24.2 Å². The highest BCUT2D eigenvalue weighted by molar-refractivity contribution is 8.19. The average Bonchev–Trinajstić information content (AvgIpc) is 2.92. The molecule has 1 saturated heterocycles. The van der Waals surface area contributed by atoms with E-state index in [9.17, 15) is 14.4 Å². The van der Waals surface area contributed by atoms with Gasteiger partial charge in [-0.3, -0.25) is 14.4 Å². The van der Waals surface area contributed by atoms with Gasteiger partial charge >= 0.3 is 5.97 Å². The van der Waals surface area contributed by atoms with Crippen LogP contribution in [0.2, 0.25) is 0 Å². The standard InChI is InChI=1S/C21H19NO5S/c1-13-3-6-16(11-14(13)2)22-20(25)18(28-21(22)26)12-15-4-7-17(8-5-15)27-10-9-19(23)24/h3-8,11-12H,9-10H2,1-2H3,(H,23,24)/b18-12+. The van der Waals surface area contributed by atoms with E-state index in [4.69, 9.17) is 9.84 Å². The van der Waals surface area contributed by atoms with Crippen molar-refractivity contribution < 1.29 is 24.2 Å². The first kappa shape index (κ1) is 19.7. The number of thioether (sulfide) groups is 1. The summed E-state index contributed by atoms with van der Waals surface area (Å²) in [6.45, 7) is 4.00. The monoisotopic (exact) mass is 397 g/mol. The molecule has 2 amide bonds. The van der Waals surface area contributed by atoms with Gasteiger partial charge in [-0.05, 0) is 72.6 Å². The van der Waals surface area contributed by atoms with Gasteiger partial charge in [-0.1, -0.05) is 18.2 Å². The van der Waals surface area contributed by atoms with Gasteiger partial charge in [-0.2, -0.15) is 0 Å². The van der Waals surface area contributed by atoms with Crippen molar-refractivity contribution in [3.05, 3.63) is 64.1 Å². The summed E-state index contributed by atoms with van der Waals surface area (Å²) >= 11 is 0.905. The third-order valence-electron chi connectivity index (χ3n) is 4.30. The molecule has 1 N–H and O–H groups in total. The van der Waals surface area contributed by atoms with Crippen LogP contribution in [0.25, 0.3) is 6.08 Å². The Balaban J connectivity index is 1.74. The minimum absolute atomic E-state index is 0.0760. The summed E-state index contributed by atoms with van der Waals surface area (Å²) in [6, 6.07) is 12.4. The Labute approximate surface area is 166 Å². The Morgan fingerprint density at radius 3 is 2.46 bits per heavy atom. The molecule has 7 heteroatoms. The third kappa shape index (κ3) is 4.43. The lowest BCUT2D eigenvalue weighted by Crippen LogP contribution is -2.27. The van der Waals surface area contributed by atoms with Crippen LogP contribution in [0.1, 0.15) is 23.1 Å². The van der Waals surface area contributed by atoms with Crippen molar-refractivity contribution in [1.82, 2.24) is 0 Å². The van der Waals surface area contributed by atoms with Gasteiger partial charge in [0.25, 0.3) is 11.1 Å². The molecular formula is C21H19NO5S. The number of carboxylic acids is 1. The van der Waals surface area contributed by atoms with Crippen LogP contribution in [0.5, 0.6) is 5.75 Å². The second kappa shape index (κ2) is 8.31. The maximum absolute atomic E-state index is 12.7. The van der Waals surface area contributed by atoms with Crippen LogP contribution in [0.3, 0.4) is 0 Å². The molecule has 0 atom stereocenters. The molecule has 144 valence electrons. The number of benzene rings is 2. The second-order valence-corrected chi connectivity index (χ2v) is 7.34. The molecule has 1 aliphatic heterocycles. The number of hydrogen-bond acceptors (Lipinski definition) is 5. The number of amides is 2. The summed E-state index contributed by atoms with van der Waals surface area (Å²) < 4.78 is 5.34. The van der Waals surface area contributed by atoms with Crippen molar-refractivity contribution in [1.29, 1.82) is 0 Å². The molecule has 0 bridgehead atoms. The van der Waals surface area contributed by atoms with Crippen molar-refractivity contribution in [3.8, 4) is 5.75 Å². The first-order chi connectivity index (χ1) is 13.3. The Morgan fingerprint density at radius 1 is 1.11 bits per heavy atom. The number of carbonyl (C=O) groups is 3. The van der Waals surface area contributed by atoms with E-state index < -0.39 is 5.97 Å². The normalized spacial score (nSPS) is 15.4. The van der Waals surface area contributed by atoms with Crippen LogP contribution < -0.4 is 9.64 Å². The first-order valence-corrected chi connectivity index (χ1v) is 9.46. The summed E-state index contributed by atoms with van der Waals surface area (Å²) in [5.74, 6) is -0.724. The van der Waals surface area contributed by atoms with Gasteiger partial charge in [0.15, 0.2) is 0 Å². The zero-order chi connectivity index (χ0) is 20.3. The lowest BCUT2D eigenvalue weighted by atomic mass is 10.1. The fourth-order valence-corrected chi connectivity index (χ4v) is 3.46. The zero-order valence-electron chi connectivity index (χ0n) is 15.5. The van der Waals surface area contributed by atoms with Crippen molar-refractivity contribution in [2.75, 3.05) is 11.5 Å². The van der Waals surface area contributed by atoms with E-state index in [1.807, 2.05) is 26.0 Å². The van der Waals surface area contributed by atoms with Gasteiger partial charge in [-0.25, -0.2) is 4.90 Å². The van der Waals surface area contributed by atoms with E-state index in [0.717, 1.165) is 28.5 Å². The molecular weight excluding hydrogens is 378 g/mol. The maximum atomic E-state index is 12.7. The number of ether oxygens (including phenoxy) is 1. The molecule has 0 aliphatic carbocycles. The highest BCUT2D eigenvalue weighted by atomic mass is 32.2. The summed E-state index contributed by atoms with van der Waals surface area (Å²) in [5, 5.41) is 8.29. The van der Waals surface area contributed by atoms with Crippen LogP contribution in [-0.4, -0.2) is 28.8 Å². The highest BCUT2D eigenvalue weighted by Crippen LogP contribution is 2.36. The summed E-state index contributed by atoms with van der Waals surface area (Å²) in [7, 11) is 0. The Morgan fingerprint density at radius 2 is 1.82 bits per heavy atom. The topological polar surface area (TPSA) is 83.9 Å². The highest BCUT2D eigenvalue weighted by Gasteiger charge is 2.36. The molecule has 28 heavy (non-hydrogen) atoms. The van der Waals surface area contributed by atoms with Crippen molar-refractivity contribution in [2.45, 2.75) is 20.3 Å². The Bertz CT molecular complexity index is 965. The predicted molar refractivity (Wildman–Crippen MR) is 109 cm³/mol. The molecule has 1 fully saturated rings. The van der Waals surface area contributed by atoms with Crippen LogP contribution in [-0.2, 0) is 9.59 Å². The quantitative estimate of drug-likeness (QED) is 0.728. The number of anilines is 1. The number of hydrogen-bond donors (Lipinski definition) is 1.